The van der Waals surface area contributed by atoms with E-state index in [1.54, 1.807) is 6.07 Å². The Hall–Kier alpha value is -2.02. The second-order valence-corrected chi connectivity index (χ2v) is 5.32. The number of nitrogens with one attached hydrogen (secondary N) is 1. The third-order valence-corrected chi connectivity index (χ3v) is 4.01. The number of benzene rings is 1. The zero-order valence-electron chi connectivity index (χ0n) is 12.0. The van der Waals surface area contributed by atoms with Gasteiger partial charge in [0.2, 0.25) is 0 Å². The van der Waals surface area contributed by atoms with E-state index < -0.39 is 0 Å². The Morgan fingerprint density at radius 2 is 2.05 bits per heavy atom. The van der Waals surface area contributed by atoms with Crippen molar-refractivity contribution in [2.45, 2.75) is 18.9 Å². The molecule has 0 amide bonds. The molecule has 1 saturated heterocycles. The molecule has 0 saturated carbocycles. The Morgan fingerprint density at radius 3 is 2.71 bits per heavy atom. The number of likely N-dealkylation sites (N-methyl/N-ethyl adjacent to an activating group) is 1. The standard InChI is InChI=1S/C14H19N3O4/c1-15-10-3-2-4-16(9-10)11-7-13-14(21-6-5-20-13)8-12(11)17(18)19/h7-8,10,15H,2-6,9H2,1H3. The molecule has 1 N–H and O–H groups in total. The van der Waals surface area contributed by atoms with Crippen molar-refractivity contribution in [1.82, 2.24) is 5.32 Å². The molecule has 1 fully saturated rings. The molecule has 0 aliphatic carbocycles. The lowest BCUT2D eigenvalue weighted by molar-refractivity contribution is -0.384. The van der Waals surface area contributed by atoms with Crippen LogP contribution in [0.15, 0.2) is 12.1 Å². The number of hydrogen-bond acceptors (Lipinski definition) is 6. The van der Waals surface area contributed by atoms with Gasteiger partial charge in [0.05, 0.1) is 11.0 Å². The highest BCUT2D eigenvalue weighted by Crippen LogP contribution is 2.41. The molecule has 3 rings (SSSR count). The van der Waals surface area contributed by atoms with E-state index in [4.69, 9.17) is 9.47 Å². The monoisotopic (exact) mass is 293 g/mol. The van der Waals surface area contributed by atoms with E-state index in [-0.39, 0.29) is 10.6 Å². The highest BCUT2D eigenvalue weighted by atomic mass is 16.6. The number of anilines is 1. The Bertz CT molecular complexity index is 549. The topological polar surface area (TPSA) is 76.9 Å². The molecule has 1 unspecified atom stereocenters. The fourth-order valence-electron chi connectivity index (χ4n) is 2.90. The van der Waals surface area contributed by atoms with Gasteiger partial charge in [0.1, 0.15) is 18.9 Å². The van der Waals surface area contributed by atoms with Gasteiger partial charge in [0.25, 0.3) is 5.69 Å². The van der Waals surface area contributed by atoms with Crippen LogP contribution in [-0.2, 0) is 0 Å². The first kappa shape index (κ1) is 13.9. The molecule has 7 nitrogen and oxygen atoms in total. The fourth-order valence-corrected chi connectivity index (χ4v) is 2.90. The Kier molecular flexibility index (Phi) is 3.83. The summed E-state index contributed by atoms with van der Waals surface area (Å²) < 4.78 is 11.0. The zero-order chi connectivity index (χ0) is 14.8. The number of hydrogen-bond donors (Lipinski definition) is 1. The second-order valence-electron chi connectivity index (χ2n) is 5.32. The molecule has 0 aromatic heterocycles. The summed E-state index contributed by atoms with van der Waals surface area (Å²) in [6.45, 7) is 2.48. The second kappa shape index (κ2) is 5.77. The molecular weight excluding hydrogens is 274 g/mol. The lowest BCUT2D eigenvalue weighted by Crippen LogP contribution is -2.44. The van der Waals surface area contributed by atoms with Gasteiger partial charge in [-0.05, 0) is 19.9 Å². The summed E-state index contributed by atoms with van der Waals surface area (Å²) in [6, 6.07) is 3.57. The number of ether oxygens (including phenoxy) is 2. The van der Waals surface area contributed by atoms with Crippen molar-refractivity contribution in [3.63, 3.8) is 0 Å². The maximum Gasteiger partial charge on any atom is 0.296 e. The van der Waals surface area contributed by atoms with E-state index in [2.05, 4.69) is 10.2 Å². The Labute approximate surface area is 123 Å². The van der Waals surface area contributed by atoms with Gasteiger partial charge >= 0.3 is 0 Å². The largest absolute Gasteiger partial charge is 0.486 e. The first-order valence-corrected chi connectivity index (χ1v) is 7.19. The number of rotatable bonds is 3. The summed E-state index contributed by atoms with van der Waals surface area (Å²) >= 11 is 0. The molecule has 2 aliphatic rings. The van der Waals surface area contributed by atoms with Crippen LogP contribution in [0, 0.1) is 10.1 Å². The lowest BCUT2D eigenvalue weighted by Gasteiger charge is -2.34. The minimum atomic E-state index is -0.351. The molecule has 0 radical (unpaired) electrons. The quantitative estimate of drug-likeness (QED) is 0.673. The van der Waals surface area contributed by atoms with Crippen molar-refractivity contribution in [3.8, 4) is 11.5 Å². The third-order valence-electron chi connectivity index (χ3n) is 4.01. The molecule has 1 atom stereocenters. The molecule has 0 bridgehead atoms. The van der Waals surface area contributed by atoms with E-state index in [0.717, 1.165) is 25.9 Å². The average molecular weight is 293 g/mol. The number of nitrogens with zero attached hydrogens (tertiary/aromatic N) is 2. The van der Waals surface area contributed by atoms with Gasteiger partial charge in [-0.2, -0.15) is 0 Å². The minimum Gasteiger partial charge on any atom is -0.486 e. The lowest BCUT2D eigenvalue weighted by atomic mass is 10.0. The van der Waals surface area contributed by atoms with Crippen LogP contribution < -0.4 is 19.7 Å². The van der Waals surface area contributed by atoms with Crippen LogP contribution in [0.4, 0.5) is 11.4 Å². The van der Waals surface area contributed by atoms with Crippen LogP contribution >= 0.6 is 0 Å². The molecule has 1 aromatic rings. The third kappa shape index (κ3) is 2.73. The number of fused-ring (bicyclic) bond motifs is 1. The first-order chi connectivity index (χ1) is 10.2. The molecule has 0 spiro atoms. The summed E-state index contributed by atoms with van der Waals surface area (Å²) in [5, 5.41) is 14.6. The summed E-state index contributed by atoms with van der Waals surface area (Å²) in [5.41, 5.74) is 0.695. The summed E-state index contributed by atoms with van der Waals surface area (Å²) in [6.07, 6.45) is 2.10. The van der Waals surface area contributed by atoms with Crippen molar-refractivity contribution in [3.05, 3.63) is 22.2 Å². The molecule has 1 aromatic carbocycles. The molecule has 2 heterocycles. The van der Waals surface area contributed by atoms with E-state index in [1.807, 2.05) is 7.05 Å². The van der Waals surface area contributed by atoms with Crippen molar-refractivity contribution in [2.75, 3.05) is 38.3 Å². The highest BCUT2D eigenvalue weighted by Gasteiger charge is 2.28. The zero-order valence-corrected chi connectivity index (χ0v) is 12.0. The summed E-state index contributed by atoms with van der Waals surface area (Å²) in [4.78, 5) is 13.1. The Morgan fingerprint density at radius 1 is 1.33 bits per heavy atom. The number of nitro benzene ring substituents is 1. The minimum absolute atomic E-state index is 0.0796. The van der Waals surface area contributed by atoms with Crippen molar-refractivity contribution < 1.29 is 14.4 Å². The van der Waals surface area contributed by atoms with Crippen LogP contribution in [0.2, 0.25) is 0 Å². The first-order valence-electron chi connectivity index (χ1n) is 7.19. The molecule has 21 heavy (non-hydrogen) atoms. The van der Waals surface area contributed by atoms with Gasteiger partial charge in [0, 0.05) is 25.2 Å². The van der Waals surface area contributed by atoms with Crippen molar-refractivity contribution in [2.24, 2.45) is 0 Å². The van der Waals surface area contributed by atoms with Gasteiger partial charge in [-0.3, -0.25) is 10.1 Å². The van der Waals surface area contributed by atoms with Gasteiger partial charge in [-0.1, -0.05) is 0 Å². The number of piperidine rings is 1. The van der Waals surface area contributed by atoms with Crippen molar-refractivity contribution in [1.29, 1.82) is 0 Å². The van der Waals surface area contributed by atoms with E-state index in [0.29, 0.717) is 36.4 Å². The molecule has 7 heteroatoms. The SMILES string of the molecule is CNC1CCCN(c2cc3c(cc2[N+](=O)[O-])OCCO3)C1. The summed E-state index contributed by atoms with van der Waals surface area (Å²) in [5.74, 6) is 1.05. The van der Waals surface area contributed by atoms with E-state index in [9.17, 15) is 10.1 Å². The predicted octanol–water partition coefficient (Wildman–Crippen LogP) is 1.55. The average Bonchev–Trinajstić information content (AvgIpc) is 2.53. The van der Waals surface area contributed by atoms with E-state index in [1.165, 1.54) is 6.07 Å². The maximum absolute atomic E-state index is 11.4. The van der Waals surface area contributed by atoms with E-state index >= 15 is 0 Å². The van der Waals surface area contributed by atoms with Crippen LogP contribution in [0.1, 0.15) is 12.8 Å². The fraction of sp³-hybridized carbons (Fsp3) is 0.571. The predicted molar refractivity (Wildman–Crippen MR) is 78.4 cm³/mol. The van der Waals surface area contributed by atoms with Gasteiger partial charge in [-0.15, -0.1) is 0 Å². The highest BCUT2D eigenvalue weighted by molar-refractivity contribution is 5.70. The molecule has 114 valence electrons. The summed E-state index contributed by atoms with van der Waals surface area (Å²) in [7, 11) is 1.92. The van der Waals surface area contributed by atoms with Crippen LogP contribution in [0.3, 0.4) is 0 Å². The molecular formula is C14H19N3O4. The van der Waals surface area contributed by atoms with Crippen LogP contribution in [0.5, 0.6) is 11.5 Å². The van der Waals surface area contributed by atoms with Gasteiger partial charge < -0.3 is 19.7 Å². The number of nitro groups is 1. The van der Waals surface area contributed by atoms with Crippen LogP contribution in [-0.4, -0.2) is 44.3 Å². The Balaban J connectivity index is 1.97. The van der Waals surface area contributed by atoms with Gasteiger partial charge in [-0.25, -0.2) is 0 Å². The molecule has 2 aliphatic heterocycles. The van der Waals surface area contributed by atoms with Crippen molar-refractivity contribution >= 4 is 11.4 Å². The maximum atomic E-state index is 11.4. The van der Waals surface area contributed by atoms with Crippen LogP contribution in [0.25, 0.3) is 0 Å². The smallest absolute Gasteiger partial charge is 0.296 e. The van der Waals surface area contributed by atoms with Gasteiger partial charge in [0.15, 0.2) is 11.5 Å². The normalized spacial score (nSPS) is 21.2.